The van der Waals surface area contributed by atoms with Crippen LogP contribution in [0.5, 0.6) is 5.75 Å². The predicted octanol–water partition coefficient (Wildman–Crippen LogP) is 4.86. The molecule has 0 aliphatic rings. The van der Waals surface area contributed by atoms with Gasteiger partial charge in [-0.15, -0.1) is 10.2 Å². The molecule has 0 aliphatic heterocycles. The van der Waals surface area contributed by atoms with E-state index in [-0.39, 0.29) is 27.0 Å². The molecular formula is C16H11ClN2O4S. The van der Waals surface area contributed by atoms with Crippen molar-refractivity contribution in [2.75, 3.05) is 0 Å². The van der Waals surface area contributed by atoms with Gasteiger partial charge in [-0.05, 0) is 29.7 Å². The van der Waals surface area contributed by atoms with E-state index < -0.39 is 10.1 Å². The molecule has 0 atom stereocenters. The van der Waals surface area contributed by atoms with Crippen LogP contribution in [0.2, 0.25) is 5.02 Å². The number of azo groups is 1. The van der Waals surface area contributed by atoms with Gasteiger partial charge in [0, 0.05) is 5.39 Å². The third kappa shape index (κ3) is 3.23. The lowest BCUT2D eigenvalue weighted by Crippen LogP contribution is -1.97. The highest BCUT2D eigenvalue weighted by atomic mass is 35.5. The van der Waals surface area contributed by atoms with Crippen LogP contribution in [0, 0.1) is 0 Å². The second-order valence-electron chi connectivity index (χ2n) is 4.94. The number of benzene rings is 3. The highest BCUT2D eigenvalue weighted by Gasteiger charge is 2.12. The summed E-state index contributed by atoms with van der Waals surface area (Å²) in [6.45, 7) is 0. The number of nitrogens with zero attached hydrogens (tertiary/aromatic N) is 2. The van der Waals surface area contributed by atoms with E-state index in [1.54, 1.807) is 18.2 Å². The third-order valence-corrected chi connectivity index (χ3v) is 4.52. The molecule has 24 heavy (non-hydrogen) atoms. The van der Waals surface area contributed by atoms with Gasteiger partial charge in [0.15, 0.2) is 0 Å². The molecule has 0 amide bonds. The minimum Gasteiger partial charge on any atom is -0.506 e. The summed E-state index contributed by atoms with van der Waals surface area (Å²) in [5.41, 5.74) is 0.292. The molecule has 3 aromatic rings. The number of hydrogen-bond acceptors (Lipinski definition) is 5. The van der Waals surface area contributed by atoms with Crippen molar-refractivity contribution in [1.82, 2.24) is 0 Å². The van der Waals surface area contributed by atoms with Crippen molar-refractivity contribution in [3.05, 3.63) is 59.6 Å². The van der Waals surface area contributed by atoms with Gasteiger partial charge in [-0.3, -0.25) is 4.55 Å². The van der Waals surface area contributed by atoms with Crippen LogP contribution in [0.3, 0.4) is 0 Å². The summed E-state index contributed by atoms with van der Waals surface area (Å²) < 4.78 is 31.5. The molecule has 0 aliphatic carbocycles. The fraction of sp³-hybridized carbons (Fsp3) is 0. The Labute approximate surface area is 142 Å². The Balaban J connectivity index is 2.11. The number of halogens is 1. The SMILES string of the molecule is O=S(=O)(O)c1ccc(Cl)c(N=Nc2c(O)ccc3ccccc23)c1. The number of phenols is 1. The van der Waals surface area contributed by atoms with Crippen LogP contribution in [0.25, 0.3) is 10.8 Å². The molecule has 0 unspecified atom stereocenters. The Morgan fingerprint density at radius 1 is 0.958 bits per heavy atom. The molecule has 0 saturated heterocycles. The molecule has 0 fully saturated rings. The van der Waals surface area contributed by atoms with Crippen LogP contribution < -0.4 is 0 Å². The van der Waals surface area contributed by atoms with E-state index in [1.807, 2.05) is 12.1 Å². The summed E-state index contributed by atoms with van der Waals surface area (Å²) in [5.74, 6) is -0.0699. The molecule has 0 spiro atoms. The van der Waals surface area contributed by atoms with Gasteiger partial charge in [-0.25, -0.2) is 0 Å². The van der Waals surface area contributed by atoms with Gasteiger partial charge >= 0.3 is 0 Å². The Hall–Kier alpha value is -2.48. The maximum Gasteiger partial charge on any atom is 0.294 e. The molecule has 0 bridgehead atoms. The predicted molar refractivity (Wildman–Crippen MR) is 91.1 cm³/mol. The van der Waals surface area contributed by atoms with Crippen LogP contribution in [0.1, 0.15) is 0 Å². The zero-order valence-corrected chi connectivity index (χ0v) is 13.7. The molecule has 0 aromatic heterocycles. The second kappa shape index (κ2) is 6.20. The first-order chi connectivity index (χ1) is 11.4. The van der Waals surface area contributed by atoms with Crippen molar-refractivity contribution < 1.29 is 18.1 Å². The molecule has 3 rings (SSSR count). The zero-order chi connectivity index (χ0) is 17.3. The first-order valence-corrected chi connectivity index (χ1v) is 8.57. The van der Waals surface area contributed by atoms with Gasteiger partial charge in [0.1, 0.15) is 17.1 Å². The number of hydrogen-bond donors (Lipinski definition) is 2. The van der Waals surface area contributed by atoms with Crippen LogP contribution in [-0.4, -0.2) is 18.1 Å². The summed E-state index contributed by atoms with van der Waals surface area (Å²) >= 11 is 5.98. The van der Waals surface area contributed by atoms with Gasteiger partial charge in [0.05, 0.1) is 9.92 Å². The van der Waals surface area contributed by atoms with Gasteiger partial charge in [0.25, 0.3) is 10.1 Å². The summed E-state index contributed by atoms with van der Waals surface area (Å²) in [6.07, 6.45) is 0. The third-order valence-electron chi connectivity index (χ3n) is 3.35. The van der Waals surface area contributed by atoms with Gasteiger partial charge in [0.2, 0.25) is 0 Å². The van der Waals surface area contributed by atoms with E-state index >= 15 is 0 Å². The summed E-state index contributed by atoms with van der Waals surface area (Å²) in [5, 5.41) is 19.6. The normalized spacial score (nSPS) is 12.1. The van der Waals surface area contributed by atoms with E-state index in [0.717, 1.165) is 17.5 Å². The maximum atomic E-state index is 11.2. The minimum atomic E-state index is -4.38. The molecule has 0 heterocycles. The van der Waals surface area contributed by atoms with E-state index in [9.17, 15) is 13.5 Å². The van der Waals surface area contributed by atoms with Crippen molar-refractivity contribution in [3.63, 3.8) is 0 Å². The molecular weight excluding hydrogens is 352 g/mol. The molecule has 122 valence electrons. The maximum absolute atomic E-state index is 11.2. The van der Waals surface area contributed by atoms with Crippen molar-refractivity contribution in [2.24, 2.45) is 10.2 Å². The standard InChI is InChI=1S/C16H11ClN2O4S/c17-13-7-6-11(24(21,22)23)9-14(13)18-19-16-12-4-2-1-3-10(12)5-8-15(16)20/h1-9,20H,(H,21,22,23). The number of fused-ring (bicyclic) bond motifs is 1. The Morgan fingerprint density at radius 2 is 1.71 bits per heavy atom. The highest BCUT2D eigenvalue weighted by Crippen LogP contribution is 2.37. The summed E-state index contributed by atoms with van der Waals surface area (Å²) in [4.78, 5) is -0.344. The van der Waals surface area contributed by atoms with E-state index in [4.69, 9.17) is 16.2 Å². The molecule has 0 saturated carbocycles. The summed E-state index contributed by atoms with van der Waals surface area (Å²) in [6, 6.07) is 14.1. The van der Waals surface area contributed by atoms with Gasteiger partial charge in [-0.1, -0.05) is 41.9 Å². The number of rotatable bonds is 3. The monoisotopic (exact) mass is 362 g/mol. The van der Waals surface area contributed by atoms with Crippen LogP contribution in [0.15, 0.2) is 69.7 Å². The van der Waals surface area contributed by atoms with Gasteiger partial charge < -0.3 is 5.11 Å². The smallest absolute Gasteiger partial charge is 0.294 e. The average Bonchev–Trinajstić information content (AvgIpc) is 2.54. The quantitative estimate of drug-likeness (QED) is 0.513. The molecule has 2 N–H and O–H groups in total. The largest absolute Gasteiger partial charge is 0.506 e. The zero-order valence-electron chi connectivity index (χ0n) is 12.1. The minimum absolute atomic E-state index is 0.0547. The molecule has 3 aromatic carbocycles. The topological polar surface area (TPSA) is 99.3 Å². The number of aromatic hydroxyl groups is 1. The fourth-order valence-electron chi connectivity index (χ4n) is 2.18. The van der Waals surface area contributed by atoms with E-state index in [0.29, 0.717) is 5.39 Å². The fourth-order valence-corrected chi connectivity index (χ4v) is 2.84. The van der Waals surface area contributed by atoms with Gasteiger partial charge in [-0.2, -0.15) is 8.42 Å². The Morgan fingerprint density at radius 3 is 2.46 bits per heavy atom. The first kappa shape index (κ1) is 16.4. The Bertz CT molecular complexity index is 1060. The molecule has 0 radical (unpaired) electrons. The Kier molecular flexibility index (Phi) is 4.23. The molecule has 6 nitrogen and oxygen atoms in total. The lowest BCUT2D eigenvalue weighted by Gasteiger charge is -2.04. The lowest BCUT2D eigenvalue weighted by molar-refractivity contribution is 0.477. The first-order valence-electron chi connectivity index (χ1n) is 6.76. The van der Waals surface area contributed by atoms with Crippen LogP contribution >= 0.6 is 11.6 Å². The average molecular weight is 363 g/mol. The highest BCUT2D eigenvalue weighted by molar-refractivity contribution is 7.85. The van der Waals surface area contributed by atoms with E-state index in [2.05, 4.69) is 10.2 Å². The molecule has 8 heteroatoms. The van der Waals surface area contributed by atoms with Crippen molar-refractivity contribution in [3.8, 4) is 5.75 Å². The van der Waals surface area contributed by atoms with Crippen molar-refractivity contribution in [1.29, 1.82) is 0 Å². The summed E-state index contributed by atoms with van der Waals surface area (Å²) in [7, 11) is -4.38. The van der Waals surface area contributed by atoms with Crippen LogP contribution in [0.4, 0.5) is 11.4 Å². The van der Waals surface area contributed by atoms with Crippen molar-refractivity contribution >= 4 is 43.9 Å². The van der Waals surface area contributed by atoms with Crippen molar-refractivity contribution in [2.45, 2.75) is 4.90 Å². The lowest BCUT2D eigenvalue weighted by atomic mass is 10.1. The van der Waals surface area contributed by atoms with Crippen LogP contribution in [-0.2, 0) is 10.1 Å². The number of phenolic OH excluding ortho intramolecular Hbond substituents is 1. The second-order valence-corrected chi connectivity index (χ2v) is 6.77. The van der Waals surface area contributed by atoms with E-state index in [1.165, 1.54) is 12.1 Å².